The van der Waals surface area contributed by atoms with Gasteiger partial charge in [0.25, 0.3) is 5.69 Å². The number of sulfonamides is 1. The van der Waals surface area contributed by atoms with Crippen LogP contribution in [0.15, 0.2) is 47.4 Å². The molecule has 0 aliphatic carbocycles. The minimum atomic E-state index is -3.71. The summed E-state index contributed by atoms with van der Waals surface area (Å²) in [5, 5.41) is 14.5. The molecule has 0 spiro atoms. The van der Waals surface area contributed by atoms with Gasteiger partial charge in [-0.05, 0) is 56.2 Å². The Hall–Kier alpha value is -2.65. The highest BCUT2D eigenvalue weighted by molar-refractivity contribution is 7.89. The quantitative estimate of drug-likeness (QED) is 0.572. The molecule has 144 valence electrons. The number of hydrogen-bond acceptors (Lipinski definition) is 6. The summed E-state index contributed by atoms with van der Waals surface area (Å²) in [7, 11) is -3.71. The summed E-state index contributed by atoms with van der Waals surface area (Å²) in [6.07, 6.45) is 1.61. The monoisotopic (exact) mass is 391 g/mol. The van der Waals surface area contributed by atoms with Crippen molar-refractivity contribution in [1.29, 1.82) is 0 Å². The van der Waals surface area contributed by atoms with Gasteiger partial charge in [0.2, 0.25) is 10.0 Å². The maximum Gasteiger partial charge on any atom is 0.294 e. The van der Waals surface area contributed by atoms with E-state index < -0.39 is 14.9 Å². The standard InChI is InChI=1S/C18H21N3O5S/c1-2-26-15-7-5-14(6-8-15)19-17-10-9-16(13-18(17)21(22)23)27(24,25)20-11-3-4-12-20/h5-10,13,19H,2-4,11-12H2,1H3. The Balaban J connectivity index is 1.89. The number of nitro benzene ring substituents is 1. The molecule has 1 aliphatic rings. The lowest BCUT2D eigenvalue weighted by atomic mass is 10.2. The highest BCUT2D eigenvalue weighted by atomic mass is 32.2. The first kappa shape index (κ1) is 19.1. The van der Waals surface area contributed by atoms with Crippen LogP contribution in [0, 0.1) is 10.1 Å². The SMILES string of the molecule is CCOc1ccc(Nc2ccc(S(=O)(=O)N3CCCC3)cc2[N+](=O)[O-])cc1. The van der Waals surface area contributed by atoms with Gasteiger partial charge in [-0.2, -0.15) is 4.31 Å². The Labute approximate surface area is 158 Å². The average molecular weight is 391 g/mol. The highest BCUT2D eigenvalue weighted by Gasteiger charge is 2.29. The number of hydrogen-bond donors (Lipinski definition) is 1. The van der Waals surface area contributed by atoms with Crippen LogP contribution in [0.3, 0.4) is 0 Å². The summed E-state index contributed by atoms with van der Waals surface area (Å²) in [5.41, 5.74) is 0.574. The van der Waals surface area contributed by atoms with Crippen molar-refractivity contribution < 1.29 is 18.1 Å². The molecule has 0 saturated carbocycles. The van der Waals surface area contributed by atoms with E-state index in [1.807, 2.05) is 6.92 Å². The van der Waals surface area contributed by atoms with Gasteiger partial charge in [0.1, 0.15) is 11.4 Å². The molecule has 1 heterocycles. The minimum absolute atomic E-state index is 0.0617. The number of ether oxygens (including phenoxy) is 1. The van der Waals surface area contributed by atoms with Crippen LogP contribution in [0.25, 0.3) is 0 Å². The second-order valence-corrected chi connectivity index (χ2v) is 8.07. The van der Waals surface area contributed by atoms with Gasteiger partial charge >= 0.3 is 0 Å². The fourth-order valence-electron chi connectivity index (χ4n) is 2.96. The number of nitrogens with zero attached hydrogens (tertiary/aromatic N) is 2. The fourth-order valence-corrected chi connectivity index (χ4v) is 4.50. The molecule has 0 aromatic heterocycles. The summed E-state index contributed by atoms with van der Waals surface area (Å²) in [4.78, 5) is 10.8. The molecule has 2 aromatic carbocycles. The van der Waals surface area contributed by atoms with Crippen LogP contribution >= 0.6 is 0 Å². The van der Waals surface area contributed by atoms with E-state index in [9.17, 15) is 18.5 Å². The third-order valence-corrected chi connectivity index (χ3v) is 6.21. The largest absolute Gasteiger partial charge is 0.494 e. The van der Waals surface area contributed by atoms with Crippen LogP contribution in [0.5, 0.6) is 5.75 Å². The van der Waals surface area contributed by atoms with E-state index >= 15 is 0 Å². The predicted octanol–water partition coefficient (Wildman–Crippen LogP) is 3.52. The lowest BCUT2D eigenvalue weighted by Gasteiger charge is -2.16. The molecule has 8 nitrogen and oxygen atoms in total. The van der Waals surface area contributed by atoms with Crippen LogP contribution in [-0.2, 0) is 10.0 Å². The van der Waals surface area contributed by atoms with Crippen LogP contribution in [0.4, 0.5) is 17.1 Å². The summed E-state index contributed by atoms with van der Waals surface area (Å²) in [5.74, 6) is 0.699. The van der Waals surface area contributed by atoms with E-state index in [2.05, 4.69) is 5.32 Å². The van der Waals surface area contributed by atoms with Crippen molar-refractivity contribution >= 4 is 27.1 Å². The number of benzene rings is 2. The summed E-state index contributed by atoms with van der Waals surface area (Å²) < 4.78 is 32.0. The van der Waals surface area contributed by atoms with Crippen LogP contribution in [-0.4, -0.2) is 37.3 Å². The first-order valence-electron chi connectivity index (χ1n) is 8.70. The van der Waals surface area contributed by atoms with Gasteiger partial charge in [0, 0.05) is 24.8 Å². The van der Waals surface area contributed by atoms with Gasteiger partial charge in [-0.15, -0.1) is 0 Å². The molecule has 0 amide bonds. The molecule has 1 saturated heterocycles. The first-order valence-corrected chi connectivity index (χ1v) is 10.1. The molecule has 3 rings (SSSR count). The van der Waals surface area contributed by atoms with Gasteiger partial charge in [-0.1, -0.05) is 0 Å². The molecule has 2 aromatic rings. The summed E-state index contributed by atoms with van der Waals surface area (Å²) in [6.45, 7) is 3.32. The van der Waals surface area contributed by atoms with Crippen molar-refractivity contribution in [2.75, 3.05) is 25.0 Å². The van der Waals surface area contributed by atoms with E-state index in [4.69, 9.17) is 4.74 Å². The molecular formula is C18H21N3O5S. The normalized spacial score (nSPS) is 14.9. The lowest BCUT2D eigenvalue weighted by Crippen LogP contribution is -2.27. The smallest absolute Gasteiger partial charge is 0.294 e. The zero-order valence-corrected chi connectivity index (χ0v) is 15.7. The van der Waals surface area contributed by atoms with Crippen molar-refractivity contribution in [2.24, 2.45) is 0 Å². The van der Waals surface area contributed by atoms with E-state index in [0.29, 0.717) is 31.1 Å². The van der Waals surface area contributed by atoms with Gasteiger partial charge in [-0.3, -0.25) is 10.1 Å². The zero-order chi connectivity index (χ0) is 19.4. The van der Waals surface area contributed by atoms with Gasteiger partial charge in [-0.25, -0.2) is 8.42 Å². The second-order valence-electron chi connectivity index (χ2n) is 6.13. The molecule has 0 radical (unpaired) electrons. The van der Waals surface area contributed by atoms with Crippen molar-refractivity contribution in [3.05, 3.63) is 52.6 Å². The summed E-state index contributed by atoms with van der Waals surface area (Å²) >= 11 is 0. The molecule has 0 bridgehead atoms. The van der Waals surface area contributed by atoms with Crippen molar-refractivity contribution in [3.8, 4) is 5.75 Å². The third kappa shape index (κ3) is 4.20. The Morgan fingerprint density at radius 1 is 1.15 bits per heavy atom. The maximum atomic E-state index is 12.6. The molecule has 1 N–H and O–H groups in total. The Morgan fingerprint density at radius 2 is 1.81 bits per heavy atom. The number of anilines is 2. The second kappa shape index (κ2) is 7.93. The Morgan fingerprint density at radius 3 is 2.41 bits per heavy atom. The van der Waals surface area contributed by atoms with E-state index in [0.717, 1.165) is 18.9 Å². The van der Waals surface area contributed by atoms with E-state index in [1.54, 1.807) is 24.3 Å². The van der Waals surface area contributed by atoms with Crippen molar-refractivity contribution in [3.63, 3.8) is 0 Å². The summed E-state index contributed by atoms with van der Waals surface area (Å²) in [6, 6.07) is 10.9. The van der Waals surface area contributed by atoms with Crippen molar-refractivity contribution in [1.82, 2.24) is 4.31 Å². The average Bonchev–Trinajstić information content (AvgIpc) is 3.19. The molecular weight excluding hydrogens is 370 g/mol. The molecule has 0 atom stereocenters. The first-order chi connectivity index (χ1) is 12.9. The Bertz CT molecular complexity index is 923. The fraction of sp³-hybridized carbons (Fsp3) is 0.333. The van der Waals surface area contributed by atoms with Gasteiger partial charge in [0.05, 0.1) is 16.4 Å². The number of rotatable bonds is 7. The Kier molecular flexibility index (Phi) is 5.62. The van der Waals surface area contributed by atoms with Gasteiger partial charge < -0.3 is 10.1 Å². The molecule has 9 heteroatoms. The molecule has 27 heavy (non-hydrogen) atoms. The van der Waals surface area contributed by atoms with Crippen LogP contribution < -0.4 is 10.1 Å². The number of nitro groups is 1. The molecule has 1 aliphatic heterocycles. The predicted molar refractivity (Wildman–Crippen MR) is 102 cm³/mol. The van der Waals surface area contributed by atoms with Gasteiger partial charge in [0.15, 0.2) is 0 Å². The highest BCUT2D eigenvalue weighted by Crippen LogP contribution is 2.32. The minimum Gasteiger partial charge on any atom is -0.494 e. The molecule has 0 unspecified atom stereocenters. The number of nitrogens with one attached hydrogen (secondary N) is 1. The van der Waals surface area contributed by atoms with Crippen LogP contribution in [0.2, 0.25) is 0 Å². The van der Waals surface area contributed by atoms with E-state index in [-0.39, 0.29) is 16.3 Å². The zero-order valence-electron chi connectivity index (χ0n) is 14.9. The maximum absolute atomic E-state index is 12.6. The van der Waals surface area contributed by atoms with E-state index in [1.165, 1.54) is 16.4 Å². The third-order valence-electron chi connectivity index (χ3n) is 4.31. The lowest BCUT2D eigenvalue weighted by molar-refractivity contribution is -0.384. The topological polar surface area (TPSA) is 102 Å². The van der Waals surface area contributed by atoms with Crippen LogP contribution in [0.1, 0.15) is 19.8 Å². The van der Waals surface area contributed by atoms with Crippen molar-refractivity contribution in [2.45, 2.75) is 24.7 Å². The molecule has 1 fully saturated rings.